The van der Waals surface area contributed by atoms with Crippen LogP contribution in [-0.4, -0.2) is 54.3 Å². The highest BCUT2D eigenvalue weighted by Gasteiger charge is 2.30. The number of aromatic amines is 1. The molecule has 1 aliphatic carbocycles. The zero-order valence-electron chi connectivity index (χ0n) is 18.8. The molecule has 0 spiro atoms. The minimum absolute atomic E-state index is 0.0386. The van der Waals surface area contributed by atoms with E-state index in [9.17, 15) is 23.6 Å². The summed E-state index contributed by atoms with van der Waals surface area (Å²) >= 11 is 0. The van der Waals surface area contributed by atoms with E-state index >= 15 is 0 Å². The van der Waals surface area contributed by atoms with Gasteiger partial charge in [-0.25, -0.2) is 13.9 Å². The molecule has 3 N–H and O–H groups in total. The number of carbonyl (C=O) groups excluding carboxylic acids is 2. The average molecular weight is 481 g/mol. The maximum atomic E-state index is 14.1. The Hall–Kier alpha value is -4.09. The molecule has 1 unspecified atom stereocenters. The Balaban J connectivity index is 1.30. The fourth-order valence-electron chi connectivity index (χ4n) is 4.99. The van der Waals surface area contributed by atoms with Crippen LogP contribution in [0.2, 0.25) is 0 Å². The summed E-state index contributed by atoms with van der Waals surface area (Å²) in [6.45, 7) is 0.577. The highest BCUT2D eigenvalue weighted by atomic mass is 19.1. The summed E-state index contributed by atoms with van der Waals surface area (Å²) in [5.74, 6) is -1.55. The van der Waals surface area contributed by atoms with Crippen molar-refractivity contribution in [3.05, 3.63) is 79.6 Å². The Bertz CT molecular complexity index is 1430. The van der Waals surface area contributed by atoms with Gasteiger partial charge in [0.15, 0.2) is 0 Å². The van der Waals surface area contributed by atoms with Crippen molar-refractivity contribution in [1.82, 2.24) is 29.4 Å². The van der Waals surface area contributed by atoms with E-state index in [1.54, 1.807) is 15.6 Å². The molecule has 35 heavy (non-hydrogen) atoms. The normalized spacial score (nSPS) is 19.5. The molecular formula is C23H24FN7O4. The number of primary amides is 1. The molecule has 2 aromatic heterocycles. The lowest BCUT2D eigenvalue weighted by molar-refractivity contribution is -0.133. The molecule has 0 bridgehead atoms. The van der Waals surface area contributed by atoms with Crippen molar-refractivity contribution in [3.8, 4) is 0 Å². The van der Waals surface area contributed by atoms with Gasteiger partial charge in [-0.15, -0.1) is 5.10 Å². The summed E-state index contributed by atoms with van der Waals surface area (Å²) in [6, 6.07) is 5.02. The first-order valence-corrected chi connectivity index (χ1v) is 11.4. The highest BCUT2D eigenvalue weighted by Crippen LogP contribution is 2.36. The van der Waals surface area contributed by atoms with Crippen LogP contribution in [0, 0.1) is 5.82 Å². The van der Waals surface area contributed by atoms with E-state index in [1.165, 1.54) is 6.07 Å². The molecule has 1 fully saturated rings. The van der Waals surface area contributed by atoms with E-state index in [0.29, 0.717) is 19.5 Å². The van der Waals surface area contributed by atoms with Crippen LogP contribution in [0.25, 0.3) is 0 Å². The largest absolute Gasteiger partial charge is 0.365 e. The van der Waals surface area contributed by atoms with E-state index < -0.39 is 17.2 Å². The van der Waals surface area contributed by atoms with Crippen LogP contribution in [0.1, 0.15) is 58.4 Å². The number of benzene rings is 1. The third kappa shape index (κ3) is 4.27. The van der Waals surface area contributed by atoms with Crippen LogP contribution in [0.15, 0.2) is 40.2 Å². The smallest absolute Gasteiger partial charge is 0.328 e. The molecule has 2 atom stereocenters. The zero-order valence-corrected chi connectivity index (χ0v) is 18.8. The highest BCUT2D eigenvalue weighted by molar-refractivity contribution is 5.92. The number of nitrogens with two attached hydrogens (primary N) is 1. The number of fused-ring (bicyclic) bond motifs is 1. The second-order valence-corrected chi connectivity index (χ2v) is 8.96. The summed E-state index contributed by atoms with van der Waals surface area (Å²) in [5, 5.41) is 8.65. The number of carbonyl (C=O) groups is 2. The number of halogens is 1. The van der Waals surface area contributed by atoms with E-state index in [1.807, 2.05) is 17.2 Å². The maximum absolute atomic E-state index is 14.1. The first kappa shape index (κ1) is 22.7. The molecule has 182 valence electrons. The van der Waals surface area contributed by atoms with Gasteiger partial charge in [0, 0.05) is 31.4 Å². The van der Waals surface area contributed by atoms with Gasteiger partial charge in [-0.05, 0) is 42.9 Å². The van der Waals surface area contributed by atoms with Crippen molar-refractivity contribution in [3.63, 3.8) is 0 Å². The number of piperidine rings is 1. The fourth-order valence-corrected chi connectivity index (χ4v) is 4.99. The number of nitrogens with one attached hydrogen (secondary N) is 1. The van der Waals surface area contributed by atoms with Crippen LogP contribution in [-0.2, 0) is 17.8 Å². The molecule has 12 heteroatoms. The number of H-pyrrole nitrogens is 1. The molecule has 1 saturated heterocycles. The quantitative estimate of drug-likeness (QED) is 0.536. The average Bonchev–Trinajstić information content (AvgIpc) is 3.48. The van der Waals surface area contributed by atoms with Gasteiger partial charge < -0.3 is 10.6 Å². The number of amides is 2. The standard InChI is InChI=1S/C23H24FN7O4/c24-17-5-1-4-15-14(17)6-7-19(15)31-11-18(27-28-31)13-3-2-8-29(9-13)20(32)12-30-10-16(21(25)33)22(34)26-23(30)35/h1,4-5,10-11,13,19H,2-3,6-9,12H2,(H2,25,33)(H,26,34,35)/t13?,19-/m0/s1. The number of rotatable bonds is 5. The monoisotopic (exact) mass is 481 g/mol. The topological polar surface area (TPSA) is 149 Å². The third-order valence-corrected chi connectivity index (χ3v) is 6.80. The maximum Gasteiger partial charge on any atom is 0.328 e. The van der Waals surface area contributed by atoms with Crippen LogP contribution >= 0.6 is 0 Å². The lowest BCUT2D eigenvalue weighted by atomic mass is 9.95. The van der Waals surface area contributed by atoms with E-state index in [-0.39, 0.29) is 35.8 Å². The second-order valence-electron chi connectivity index (χ2n) is 8.96. The van der Waals surface area contributed by atoms with Crippen LogP contribution < -0.4 is 17.0 Å². The van der Waals surface area contributed by atoms with Gasteiger partial charge >= 0.3 is 5.69 Å². The molecule has 2 amide bonds. The lowest BCUT2D eigenvalue weighted by Gasteiger charge is -2.32. The van der Waals surface area contributed by atoms with Gasteiger partial charge in [-0.2, -0.15) is 0 Å². The summed E-state index contributed by atoms with van der Waals surface area (Å²) in [4.78, 5) is 51.8. The Labute approximate surface area is 198 Å². The number of aromatic nitrogens is 5. The molecule has 0 saturated carbocycles. The minimum Gasteiger partial charge on any atom is -0.365 e. The van der Waals surface area contributed by atoms with Crippen LogP contribution in [0.4, 0.5) is 4.39 Å². The predicted molar refractivity (Wildman–Crippen MR) is 121 cm³/mol. The van der Waals surface area contributed by atoms with Gasteiger partial charge in [0.25, 0.3) is 11.5 Å². The first-order valence-electron chi connectivity index (χ1n) is 11.4. The Morgan fingerprint density at radius 1 is 1.20 bits per heavy atom. The lowest BCUT2D eigenvalue weighted by Crippen LogP contribution is -2.43. The molecule has 1 aromatic carbocycles. The molecule has 5 rings (SSSR count). The van der Waals surface area contributed by atoms with Crippen molar-refractivity contribution in [2.24, 2.45) is 5.73 Å². The van der Waals surface area contributed by atoms with Crippen molar-refractivity contribution in [1.29, 1.82) is 0 Å². The molecule has 1 aliphatic heterocycles. The summed E-state index contributed by atoms with van der Waals surface area (Å²) in [6.07, 6.45) is 5.84. The fraction of sp³-hybridized carbons (Fsp3) is 0.391. The van der Waals surface area contributed by atoms with Crippen molar-refractivity contribution >= 4 is 11.8 Å². The van der Waals surface area contributed by atoms with Gasteiger partial charge in [0.2, 0.25) is 5.91 Å². The number of hydrogen-bond donors (Lipinski definition) is 2. The van der Waals surface area contributed by atoms with Gasteiger partial charge in [-0.3, -0.25) is 23.9 Å². The zero-order chi connectivity index (χ0) is 24.7. The SMILES string of the molecule is NC(=O)c1cn(CC(=O)N2CCCC(c3cn([C@H]4CCc5c(F)cccc54)nn3)C2)c(=O)[nH]c1=O. The van der Waals surface area contributed by atoms with Crippen LogP contribution in [0.5, 0.6) is 0 Å². The molecule has 2 aliphatic rings. The number of nitrogens with zero attached hydrogens (tertiary/aromatic N) is 5. The minimum atomic E-state index is -0.985. The molecular weight excluding hydrogens is 457 g/mol. The van der Waals surface area contributed by atoms with Crippen molar-refractivity contribution in [2.45, 2.75) is 44.2 Å². The summed E-state index contributed by atoms with van der Waals surface area (Å²) in [7, 11) is 0. The Morgan fingerprint density at radius 2 is 2.03 bits per heavy atom. The van der Waals surface area contributed by atoms with E-state index in [2.05, 4.69) is 10.3 Å². The summed E-state index contributed by atoms with van der Waals surface area (Å²) in [5.41, 5.74) is 5.49. The Morgan fingerprint density at radius 3 is 2.83 bits per heavy atom. The Kier molecular flexibility index (Phi) is 5.79. The van der Waals surface area contributed by atoms with Gasteiger partial charge in [0.1, 0.15) is 17.9 Å². The first-order chi connectivity index (χ1) is 16.8. The van der Waals surface area contributed by atoms with Crippen LogP contribution in [0.3, 0.4) is 0 Å². The molecule has 11 nitrogen and oxygen atoms in total. The molecule has 3 aromatic rings. The number of likely N-dealkylation sites (tertiary alicyclic amines) is 1. The summed E-state index contributed by atoms with van der Waals surface area (Å²) < 4.78 is 16.9. The third-order valence-electron chi connectivity index (χ3n) is 6.80. The van der Waals surface area contributed by atoms with Gasteiger partial charge in [0.05, 0.1) is 11.7 Å². The molecule has 3 heterocycles. The van der Waals surface area contributed by atoms with Gasteiger partial charge in [-0.1, -0.05) is 17.3 Å². The van der Waals surface area contributed by atoms with E-state index in [0.717, 1.165) is 46.8 Å². The van der Waals surface area contributed by atoms with Crippen molar-refractivity contribution in [2.75, 3.05) is 13.1 Å². The molecule has 0 radical (unpaired) electrons. The van der Waals surface area contributed by atoms with Crippen molar-refractivity contribution < 1.29 is 14.0 Å². The number of hydrogen-bond acceptors (Lipinski definition) is 6. The second kappa shape index (κ2) is 8.93. The van der Waals surface area contributed by atoms with E-state index in [4.69, 9.17) is 5.73 Å². The predicted octanol–water partition coefficient (Wildman–Crippen LogP) is 0.308.